The van der Waals surface area contributed by atoms with Crippen molar-refractivity contribution in [3.63, 3.8) is 0 Å². The fourth-order valence-corrected chi connectivity index (χ4v) is 2.24. The average molecular weight is 368 g/mol. The van der Waals surface area contributed by atoms with E-state index in [1.54, 1.807) is 30.3 Å². The molecule has 0 fully saturated rings. The highest BCUT2D eigenvalue weighted by atomic mass is 35.5. The Morgan fingerprint density at radius 1 is 1.08 bits per heavy atom. The van der Waals surface area contributed by atoms with Crippen LogP contribution in [-0.4, -0.2) is 25.1 Å². The molecule has 0 aliphatic rings. The molecule has 0 saturated carbocycles. The van der Waals surface area contributed by atoms with Gasteiger partial charge in [0.1, 0.15) is 5.75 Å². The van der Waals surface area contributed by atoms with Gasteiger partial charge in [0, 0.05) is 10.7 Å². The van der Waals surface area contributed by atoms with Crippen molar-refractivity contribution in [2.45, 2.75) is 13.0 Å². The van der Waals surface area contributed by atoms with E-state index in [1.165, 1.54) is 26.2 Å². The van der Waals surface area contributed by atoms with Crippen LogP contribution in [0.15, 0.2) is 42.5 Å². The molecule has 0 saturated heterocycles. The number of benzene rings is 2. The maximum absolute atomic E-state index is 12.1. The first-order valence-electron chi connectivity index (χ1n) is 7.01. The summed E-state index contributed by atoms with van der Waals surface area (Å²) in [5.74, 6) is -0.586. The maximum Gasteiger partial charge on any atom is 0.338 e. The van der Waals surface area contributed by atoms with Crippen LogP contribution in [0.2, 0.25) is 10.0 Å². The van der Waals surface area contributed by atoms with Gasteiger partial charge in [0.15, 0.2) is 6.10 Å². The van der Waals surface area contributed by atoms with Crippen molar-refractivity contribution in [1.29, 1.82) is 0 Å². The Morgan fingerprint density at radius 3 is 2.33 bits per heavy atom. The molecule has 1 atom stereocenters. The van der Waals surface area contributed by atoms with Crippen LogP contribution in [-0.2, 0) is 9.53 Å². The third-order valence-corrected chi connectivity index (χ3v) is 3.70. The number of methoxy groups -OCH3 is 1. The van der Waals surface area contributed by atoms with Gasteiger partial charge in [-0.1, -0.05) is 23.2 Å². The Hall–Kier alpha value is -2.24. The van der Waals surface area contributed by atoms with E-state index in [9.17, 15) is 9.59 Å². The Balaban J connectivity index is 1.98. The average Bonchev–Trinajstić information content (AvgIpc) is 2.55. The van der Waals surface area contributed by atoms with Crippen LogP contribution >= 0.6 is 23.2 Å². The van der Waals surface area contributed by atoms with E-state index >= 15 is 0 Å². The standard InChI is InChI=1S/C17H15Cl2NO4/c1-10(24-17(22)11-3-5-12(18)6-4-11)16(21)20-13-7-8-15(23-2)14(19)9-13/h3-10H,1-2H3,(H,20,21)/t10-/m0/s1. The number of hydrogen-bond acceptors (Lipinski definition) is 4. The van der Waals surface area contributed by atoms with Gasteiger partial charge in [-0.05, 0) is 49.4 Å². The zero-order valence-electron chi connectivity index (χ0n) is 13.0. The number of carbonyl (C=O) groups is 2. The second-order valence-corrected chi connectivity index (χ2v) is 5.74. The monoisotopic (exact) mass is 367 g/mol. The van der Waals surface area contributed by atoms with Crippen LogP contribution in [0.3, 0.4) is 0 Å². The first kappa shape index (κ1) is 18.1. The van der Waals surface area contributed by atoms with Crippen molar-refractivity contribution < 1.29 is 19.1 Å². The number of esters is 1. The molecule has 7 heteroatoms. The summed E-state index contributed by atoms with van der Waals surface area (Å²) in [6.45, 7) is 1.48. The Kier molecular flexibility index (Phi) is 6.06. The lowest BCUT2D eigenvalue weighted by Crippen LogP contribution is -2.30. The molecule has 0 spiro atoms. The van der Waals surface area contributed by atoms with Crippen molar-refractivity contribution in [3.05, 3.63) is 58.1 Å². The van der Waals surface area contributed by atoms with Crippen molar-refractivity contribution >= 4 is 40.8 Å². The summed E-state index contributed by atoms with van der Waals surface area (Å²) in [6, 6.07) is 11.0. The van der Waals surface area contributed by atoms with Crippen molar-refractivity contribution in [2.75, 3.05) is 12.4 Å². The van der Waals surface area contributed by atoms with E-state index in [1.807, 2.05) is 0 Å². The molecule has 2 rings (SSSR count). The fourth-order valence-electron chi connectivity index (χ4n) is 1.86. The zero-order valence-corrected chi connectivity index (χ0v) is 14.5. The van der Waals surface area contributed by atoms with Gasteiger partial charge < -0.3 is 14.8 Å². The lowest BCUT2D eigenvalue weighted by Gasteiger charge is -2.14. The minimum Gasteiger partial charge on any atom is -0.495 e. The molecule has 2 aromatic carbocycles. The van der Waals surface area contributed by atoms with Gasteiger partial charge in [0.05, 0.1) is 17.7 Å². The molecule has 1 amide bonds. The van der Waals surface area contributed by atoms with Crippen LogP contribution < -0.4 is 10.1 Å². The summed E-state index contributed by atoms with van der Waals surface area (Å²) in [4.78, 5) is 24.1. The molecule has 0 aliphatic carbocycles. The highest BCUT2D eigenvalue weighted by Crippen LogP contribution is 2.27. The summed E-state index contributed by atoms with van der Waals surface area (Å²) >= 11 is 11.8. The van der Waals surface area contributed by atoms with Crippen molar-refractivity contribution in [3.8, 4) is 5.75 Å². The van der Waals surface area contributed by atoms with Gasteiger partial charge in [-0.2, -0.15) is 0 Å². The zero-order chi connectivity index (χ0) is 17.7. The third kappa shape index (κ3) is 4.63. The molecule has 5 nitrogen and oxygen atoms in total. The highest BCUT2D eigenvalue weighted by molar-refractivity contribution is 6.32. The highest BCUT2D eigenvalue weighted by Gasteiger charge is 2.19. The van der Waals surface area contributed by atoms with E-state index in [2.05, 4.69) is 5.32 Å². The second-order valence-electron chi connectivity index (χ2n) is 4.89. The summed E-state index contributed by atoms with van der Waals surface area (Å²) in [5, 5.41) is 3.49. The van der Waals surface area contributed by atoms with E-state index in [4.69, 9.17) is 32.7 Å². The molecule has 0 aromatic heterocycles. The van der Waals surface area contributed by atoms with Crippen LogP contribution in [0.4, 0.5) is 5.69 Å². The van der Waals surface area contributed by atoms with Gasteiger partial charge in [-0.3, -0.25) is 4.79 Å². The molecule has 0 unspecified atom stereocenters. The SMILES string of the molecule is COc1ccc(NC(=O)[C@H](C)OC(=O)c2ccc(Cl)cc2)cc1Cl. The molecule has 0 aliphatic heterocycles. The number of rotatable bonds is 5. The summed E-state index contributed by atoms with van der Waals surface area (Å²) in [6.07, 6.45) is -0.978. The van der Waals surface area contributed by atoms with E-state index in [-0.39, 0.29) is 0 Å². The number of halogens is 2. The Morgan fingerprint density at radius 2 is 1.75 bits per heavy atom. The molecule has 0 heterocycles. The van der Waals surface area contributed by atoms with Crippen LogP contribution in [0, 0.1) is 0 Å². The minimum atomic E-state index is -0.978. The number of amides is 1. The topological polar surface area (TPSA) is 64.6 Å². The minimum absolute atomic E-state index is 0.312. The number of carbonyl (C=O) groups excluding carboxylic acids is 2. The normalized spacial score (nSPS) is 11.5. The molecular weight excluding hydrogens is 353 g/mol. The summed E-state index contributed by atoms with van der Waals surface area (Å²) < 4.78 is 10.2. The quantitative estimate of drug-likeness (QED) is 0.804. The summed E-state index contributed by atoms with van der Waals surface area (Å²) in [7, 11) is 1.50. The predicted molar refractivity (Wildman–Crippen MR) is 93.0 cm³/mol. The third-order valence-electron chi connectivity index (χ3n) is 3.15. The molecular formula is C17H15Cl2NO4. The first-order valence-corrected chi connectivity index (χ1v) is 7.77. The largest absolute Gasteiger partial charge is 0.495 e. The van der Waals surface area contributed by atoms with Crippen LogP contribution in [0.25, 0.3) is 0 Å². The van der Waals surface area contributed by atoms with Gasteiger partial charge in [-0.25, -0.2) is 4.79 Å². The number of hydrogen-bond donors (Lipinski definition) is 1. The van der Waals surface area contributed by atoms with Crippen molar-refractivity contribution in [1.82, 2.24) is 0 Å². The molecule has 0 bridgehead atoms. The van der Waals surface area contributed by atoms with Crippen LogP contribution in [0.1, 0.15) is 17.3 Å². The summed E-state index contributed by atoms with van der Waals surface area (Å²) in [5.41, 5.74) is 0.784. The van der Waals surface area contributed by atoms with Crippen molar-refractivity contribution in [2.24, 2.45) is 0 Å². The van der Waals surface area contributed by atoms with Gasteiger partial charge in [0.25, 0.3) is 5.91 Å². The number of ether oxygens (including phenoxy) is 2. The Bertz CT molecular complexity index is 747. The van der Waals surface area contributed by atoms with E-state index < -0.39 is 18.0 Å². The van der Waals surface area contributed by atoms with Gasteiger partial charge >= 0.3 is 5.97 Å². The number of nitrogens with one attached hydrogen (secondary N) is 1. The smallest absolute Gasteiger partial charge is 0.338 e. The molecule has 2 aromatic rings. The van der Waals surface area contributed by atoms with E-state index in [0.29, 0.717) is 27.0 Å². The lowest BCUT2D eigenvalue weighted by molar-refractivity contribution is -0.123. The predicted octanol–water partition coefficient (Wildman–Crippen LogP) is 4.19. The Labute approximate surface area is 149 Å². The maximum atomic E-state index is 12.1. The van der Waals surface area contributed by atoms with Crippen LogP contribution in [0.5, 0.6) is 5.75 Å². The van der Waals surface area contributed by atoms with Gasteiger partial charge in [-0.15, -0.1) is 0 Å². The molecule has 126 valence electrons. The lowest BCUT2D eigenvalue weighted by atomic mass is 10.2. The first-order chi connectivity index (χ1) is 11.4. The number of anilines is 1. The van der Waals surface area contributed by atoms with E-state index in [0.717, 1.165) is 0 Å². The second kappa shape index (κ2) is 8.04. The fraction of sp³-hybridized carbons (Fsp3) is 0.176. The molecule has 1 N–H and O–H groups in total. The molecule has 24 heavy (non-hydrogen) atoms. The van der Waals surface area contributed by atoms with Gasteiger partial charge in [0.2, 0.25) is 0 Å². The molecule has 0 radical (unpaired) electrons.